The Morgan fingerprint density at radius 1 is 1.07 bits per heavy atom. The molecule has 0 saturated heterocycles. The molecule has 0 aromatic carbocycles. The van der Waals surface area contributed by atoms with Gasteiger partial charge in [-0.2, -0.15) is 13.2 Å². The molecule has 0 aromatic heterocycles. The van der Waals surface area contributed by atoms with Gasteiger partial charge in [-0.05, 0) is 86.5 Å². The molecule has 9 nitrogen and oxygen atoms in total. The molecule has 228 valence electrons. The van der Waals surface area contributed by atoms with Crippen molar-refractivity contribution in [3.8, 4) is 0 Å². The molecular weight excluding hydrogens is 543 g/mol. The van der Waals surface area contributed by atoms with Crippen LogP contribution in [0.4, 0.5) is 18.0 Å². The van der Waals surface area contributed by atoms with Crippen molar-refractivity contribution in [3.63, 3.8) is 0 Å². The lowest BCUT2D eigenvalue weighted by molar-refractivity contribution is -0.184. The molecule has 6 atom stereocenters. The molecule has 4 aliphatic carbocycles. The fraction of sp³-hybridized carbons (Fsp3) is 0.759. The molecule has 0 unspecified atom stereocenters. The lowest BCUT2D eigenvalue weighted by atomic mass is 9.46. The van der Waals surface area contributed by atoms with Crippen molar-refractivity contribution >= 4 is 29.5 Å². The molecule has 0 aliphatic heterocycles. The van der Waals surface area contributed by atoms with Crippen LogP contribution in [-0.2, 0) is 19.2 Å². The molecule has 4 rings (SSSR count). The normalized spacial score (nSPS) is 33.2. The number of rotatable bonds is 7. The molecule has 3 fully saturated rings. The Hall–Kier alpha value is -2.92. The molecule has 2 amide bonds. The number of ketones is 1. The van der Waals surface area contributed by atoms with Gasteiger partial charge >= 0.3 is 24.1 Å². The molecule has 0 aromatic rings. The van der Waals surface area contributed by atoms with Crippen LogP contribution in [-0.4, -0.2) is 77.2 Å². The first-order chi connectivity index (χ1) is 19.1. The Morgan fingerprint density at radius 2 is 1.78 bits per heavy atom. The van der Waals surface area contributed by atoms with Gasteiger partial charge in [0.15, 0.2) is 5.78 Å². The third kappa shape index (κ3) is 6.02. The van der Waals surface area contributed by atoms with E-state index in [1.165, 1.54) is 5.57 Å². The van der Waals surface area contributed by atoms with Gasteiger partial charge in [0.05, 0.1) is 5.71 Å². The van der Waals surface area contributed by atoms with Gasteiger partial charge in [0.1, 0.15) is 6.54 Å². The minimum Gasteiger partial charge on any atom is -0.480 e. The number of hydrogen-bond donors (Lipinski definition) is 1. The molecule has 0 heterocycles. The predicted molar refractivity (Wildman–Crippen MR) is 143 cm³/mol. The van der Waals surface area contributed by atoms with Crippen molar-refractivity contribution < 1.29 is 42.3 Å². The number of likely N-dealkylation sites (N-methyl/N-ethyl adjacent to an activating group) is 1. The number of carboxylic acid groups (broad SMARTS) is 1. The third-order valence-corrected chi connectivity index (χ3v) is 10.6. The lowest BCUT2D eigenvalue weighted by Gasteiger charge is -2.58. The topological polar surface area (TPSA) is 117 Å². The van der Waals surface area contributed by atoms with E-state index in [1.807, 2.05) is 6.08 Å². The summed E-state index contributed by atoms with van der Waals surface area (Å²) in [5.41, 5.74) is 1.98. The summed E-state index contributed by atoms with van der Waals surface area (Å²) in [6.45, 7) is 4.61. The van der Waals surface area contributed by atoms with Crippen LogP contribution in [0, 0.1) is 34.5 Å². The Bertz CT molecular complexity index is 1150. The van der Waals surface area contributed by atoms with Gasteiger partial charge < -0.3 is 10.0 Å². The van der Waals surface area contributed by atoms with E-state index >= 15 is 0 Å². The Kier molecular flexibility index (Phi) is 8.62. The highest BCUT2D eigenvalue weighted by Gasteiger charge is 2.59. The maximum absolute atomic E-state index is 12.7. The molecule has 12 heteroatoms. The van der Waals surface area contributed by atoms with Gasteiger partial charge in [-0.1, -0.05) is 24.6 Å². The van der Waals surface area contributed by atoms with E-state index in [0.717, 1.165) is 52.0 Å². The second-order valence-electron chi connectivity index (χ2n) is 12.8. The molecular formula is C29H40F3N3O6. The summed E-state index contributed by atoms with van der Waals surface area (Å²) in [6.07, 6.45) is 3.22. The van der Waals surface area contributed by atoms with Crippen molar-refractivity contribution in [1.29, 1.82) is 0 Å². The summed E-state index contributed by atoms with van der Waals surface area (Å²) in [7, 11) is 0.923. The zero-order valence-corrected chi connectivity index (χ0v) is 24.1. The molecule has 41 heavy (non-hydrogen) atoms. The van der Waals surface area contributed by atoms with Crippen molar-refractivity contribution in [2.75, 3.05) is 26.7 Å². The fourth-order valence-electron chi connectivity index (χ4n) is 8.46. The van der Waals surface area contributed by atoms with Crippen molar-refractivity contribution in [2.45, 2.75) is 78.3 Å². The van der Waals surface area contributed by atoms with Gasteiger partial charge in [-0.25, -0.2) is 4.79 Å². The summed E-state index contributed by atoms with van der Waals surface area (Å²) in [5, 5.41) is 13.3. The smallest absolute Gasteiger partial charge is 0.471 e. The number of carboxylic acids is 1. The lowest BCUT2D eigenvalue weighted by Crippen LogP contribution is -2.51. The van der Waals surface area contributed by atoms with Crippen LogP contribution in [0.5, 0.6) is 0 Å². The molecule has 0 bridgehead atoms. The van der Waals surface area contributed by atoms with Gasteiger partial charge in [0.25, 0.3) is 0 Å². The Morgan fingerprint density at radius 3 is 2.44 bits per heavy atom. The quantitative estimate of drug-likeness (QED) is 0.255. The number of amides is 2. The molecule has 3 saturated carbocycles. The van der Waals surface area contributed by atoms with Crippen LogP contribution in [0.25, 0.3) is 0 Å². The number of oxime groups is 1. The van der Waals surface area contributed by atoms with Crippen LogP contribution in [0.3, 0.4) is 0 Å². The second kappa shape index (κ2) is 11.4. The zero-order valence-electron chi connectivity index (χ0n) is 24.1. The van der Waals surface area contributed by atoms with Crippen molar-refractivity contribution in [2.24, 2.45) is 39.7 Å². The Balaban J connectivity index is 1.42. The summed E-state index contributed by atoms with van der Waals surface area (Å²) in [5.74, 6) is -1.60. The first-order valence-corrected chi connectivity index (χ1v) is 14.4. The summed E-state index contributed by atoms with van der Waals surface area (Å²) < 4.78 is 38.0. The maximum atomic E-state index is 12.7. The maximum Gasteiger partial charge on any atom is 0.471 e. The predicted octanol–water partition coefficient (Wildman–Crippen LogP) is 5.05. The number of halogens is 3. The number of nitrogens with zero attached hydrogens (tertiary/aromatic N) is 3. The van der Waals surface area contributed by atoms with Crippen molar-refractivity contribution in [1.82, 2.24) is 9.80 Å². The van der Waals surface area contributed by atoms with Crippen LogP contribution in [0.15, 0.2) is 16.8 Å². The number of fused-ring (bicyclic) bond motifs is 5. The van der Waals surface area contributed by atoms with Gasteiger partial charge in [-0.15, -0.1) is 0 Å². The van der Waals surface area contributed by atoms with E-state index in [1.54, 1.807) is 6.92 Å². The molecule has 4 aliphatic rings. The van der Waals surface area contributed by atoms with Crippen LogP contribution >= 0.6 is 0 Å². The average molecular weight is 584 g/mol. The van der Waals surface area contributed by atoms with Gasteiger partial charge in [-0.3, -0.25) is 24.1 Å². The minimum absolute atomic E-state index is 0.0371. The summed E-state index contributed by atoms with van der Waals surface area (Å²) in [4.78, 5) is 53.6. The van der Waals surface area contributed by atoms with Crippen molar-refractivity contribution in [3.05, 3.63) is 11.6 Å². The zero-order chi connectivity index (χ0) is 30.3. The number of allylic oxidation sites excluding steroid dienone is 1. The van der Waals surface area contributed by atoms with E-state index in [9.17, 15) is 37.5 Å². The van der Waals surface area contributed by atoms with Gasteiger partial charge in [0, 0.05) is 32.5 Å². The number of alkyl halides is 3. The van der Waals surface area contributed by atoms with E-state index in [-0.39, 0.29) is 22.5 Å². The summed E-state index contributed by atoms with van der Waals surface area (Å²) in [6, 6.07) is 0. The fourth-order valence-corrected chi connectivity index (χ4v) is 8.46. The van der Waals surface area contributed by atoms with E-state index in [0.29, 0.717) is 39.7 Å². The highest BCUT2D eigenvalue weighted by molar-refractivity contribution is 5.91. The van der Waals surface area contributed by atoms with E-state index in [2.05, 4.69) is 19.0 Å². The number of hydrogen-bond acceptors (Lipinski definition) is 6. The van der Waals surface area contributed by atoms with Gasteiger partial charge in [0.2, 0.25) is 0 Å². The minimum atomic E-state index is -5.08. The SMILES string of the molecule is C/C(=N\OC(=O)N(CCN(C)C(=O)C(F)(F)F)CC(=O)O)[C@H]1CC[C@H]2[C@@H]3CCC4=CC(=O)CC[C@]4(C)[C@H]3CC[C@]12C. The Labute approximate surface area is 238 Å². The third-order valence-electron chi connectivity index (χ3n) is 10.6. The van der Waals surface area contributed by atoms with E-state index < -0.39 is 43.8 Å². The number of carbonyl (C=O) groups excluding carboxylic acids is 3. The van der Waals surface area contributed by atoms with E-state index in [4.69, 9.17) is 4.84 Å². The van der Waals surface area contributed by atoms with Crippen LogP contribution in [0.1, 0.15) is 72.1 Å². The number of aliphatic carboxylic acids is 1. The summed E-state index contributed by atoms with van der Waals surface area (Å²) >= 11 is 0. The molecule has 0 radical (unpaired) electrons. The molecule has 0 spiro atoms. The monoisotopic (exact) mass is 583 g/mol. The first-order valence-electron chi connectivity index (χ1n) is 14.4. The van der Waals surface area contributed by atoms with Crippen LogP contribution < -0.4 is 0 Å². The largest absolute Gasteiger partial charge is 0.480 e. The first kappa shape index (κ1) is 31.0. The molecule has 1 N–H and O–H groups in total. The second-order valence-corrected chi connectivity index (χ2v) is 12.8. The highest BCUT2D eigenvalue weighted by Crippen LogP contribution is 2.66. The average Bonchev–Trinajstić information content (AvgIpc) is 3.25. The highest BCUT2D eigenvalue weighted by atomic mass is 19.4. The standard InChI is InChI=1S/C29H40F3N3O6/c1-17(33-41-26(40)35(16-24(37)38)14-13-34(4)25(39)29(30,31)32)21-7-8-22-20-6-5-18-15-19(36)9-11-27(18,2)23(20)10-12-28(21,22)3/h15,20-23H,5-14,16H2,1-4H3,(H,37,38)/b33-17+/t20-,21+,22-,23-,27-,28+/m0/s1. The number of carbonyl (C=O) groups is 4. The van der Waals surface area contributed by atoms with Crippen LogP contribution in [0.2, 0.25) is 0 Å².